The van der Waals surface area contributed by atoms with E-state index in [9.17, 15) is 4.79 Å². The van der Waals surface area contributed by atoms with E-state index in [4.69, 9.17) is 0 Å². The van der Waals surface area contributed by atoms with Crippen molar-refractivity contribution in [1.29, 1.82) is 0 Å². The average Bonchev–Trinajstić information content (AvgIpc) is 2.36. The Kier molecular flexibility index (Phi) is 6.07. The molecule has 4 heteroatoms. The highest BCUT2D eigenvalue weighted by molar-refractivity contribution is 5.74. The molecule has 0 aliphatic heterocycles. The van der Waals surface area contributed by atoms with Gasteiger partial charge in [0.15, 0.2) is 0 Å². The number of urea groups is 1. The number of nitrogens with one attached hydrogen (secondary N) is 2. The fraction of sp³-hybridized carbons (Fsp3) is 0.538. The zero-order valence-electron chi connectivity index (χ0n) is 10.6. The molecule has 94 valence electrons. The summed E-state index contributed by atoms with van der Waals surface area (Å²) >= 11 is 0. The largest absolute Gasteiger partial charge is 0.338 e. The molecule has 0 aliphatic carbocycles. The Labute approximate surface area is 103 Å². The number of pyridine rings is 1. The van der Waals surface area contributed by atoms with E-state index in [1.165, 1.54) is 5.56 Å². The minimum Gasteiger partial charge on any atom is -0.338 e. The minimum atomic E-state index is -0.0782. The molecule has 17 heavy (non-hydrogen) atoms. The smallest absolute Gasteiger partial charge is 0.314 e. The van der Waals surface area contributed by atoms with Crippen molar-refractivity contribution in [2.45, 2.75) is 39.2 Å². The molecule has 1 atom stereocenters. The maximum absolute atomic E-state index is 11.4. The number of aryl methyl sites for hydroxylation is 1. The molecule has 1 aromatic heterocycles. The third-order valence-electron chi connectivity index (χ3n) is 2.64. The summed E-state index contributed by atoms with van der Waals surface area (Å²) in [4.78, 5) is 15.4. The predicted molar refractivity (Wildman–Crippen MR) is 68.8 cm³/mol. The molecule has 0 aliphatic rings. The van der Waals surface area contributed by atoms with Gasteiger partial charge in [-0.2, -0.15) is 0 Å². The molecule has 1 heterocycles. The highest BCUT2D eigenvalue weighted by Crippen LogP contribution is 1.99. The van der Waals surface area contributed by atoms with Gasteiger partial charge in [0.05, 0.1) is 0 Å². The van der Waals surface area contributed by atoms with Gasteiger partial charge in [-0.15, -0.1) is 0 Å². The summed E-state index contributed by atoms with van der Waals surface area (Å²) in [7, 11) is 0. The molecule has 0 aromatic carbocycles. The molecule has 0 saturated heterocycles. The van der Waals surface area contributed by atoms with Crippen LogP contribution in [0.3, 0.4) is 0 Å². The third kappa shape index (κ3) is 5.90. The number of rotatable bonds is 6. The second-order valence-corrected chi connectivity index (χ2v) is 4.17. The highest BCUT2D eigenvalue weighted by atomic mass is 16.2. The number of aromatic nitrogens is 1. The van der Waals surface area contributed by atoms with Gasteiger partial charge in [-0.05, 0) is 37.8 Å². The molecule has 0 fully saturated rings. The van der Waals surface area contributed by atoms with Crippen LogP contribution >= 0.6 is 0 Å². The van der Waals surface area contributed by atoms with Gasteiger partial charge in [0, 0.05) is 25.0 Å². The van der Waals surface area contributed by atoms with E-state index in [-0.39, 0.29) is 12.1 Å². The van der Waals surface area contributed by atoms with Crippen molar-refractivity contribution < 1.29 is 4.79 Å². The van der Waals surface area contributed by atoms with Gasteiger partial charge in [-0.25, -0.2) is 4.79 Å². The van der Waals surface area contributed by atoms with Crippen molar-refractivity contribution in [3.05, 3.63) is 30.1 Å². The third-order valence-corrected chi connectivity index (χ3v) is 2.64. The molecular formula is C13H21N3O. The number of carbonyl (C=O) groups excluding carboxylic acids is 1. The molecular weight excluding hydrogens is 214 g/mol. The van der Waals surface area contributed by atoms with Crippen LogP contribution in [-0.2, 0) is 6.42 Å². The Morgan fingerprint density at radius 3 is 3.00 bits per heavy atom. The summed E-state index contributed by atoms with van der Waals surface area (Å²) in [5.41, 5.74) is 1.21. The first kappa shape index (κ1) is 13.5. The van der Waals surface area contributed by atoms with Crippen molar-refractivity contribution in [2.24, 2.45) is 0 Å². The van der Waals surface area contributed by atoms with E-state index in [0.29, 0.717) is 6.54 Å². The summed E-state index contributed by atoms with van der Waals surface area (Å²) in [5, 5.41) is 5.71. The highest BCUT2D eigenvalue weighted by Gasteiger charge is 2.03. The van der Waals surface area contributed by atoms with Crippen LogP contribution < -0.4 is 10.6 Å². The lowest BCUT2D eigenvalue weighted by molar-refractivity contribution is 0.237. The maximum atomic E-state index is 11.4. The fourth-order valence-corrected chi connectivity index (χ4v) is 1.42. The Morgan fingerprint density at radius 2 is 2.35 bits per heavy atom. The van der Waals surface area contributed by atoms with Gasteiger partial charge in [0.1, 0.15) is 0 Å². The molecule has 0 spiro atoms. The first-order valence-electron chi connectivity index (χ1n) is 6.15. The molecule has 4 nitrogen and oxygen atoms in total. The lowest BCUT2D eigenvalue weighted by atomic mass is 10.1. The molecule has 2 N–H and O–H groups in total. The molecule has 0 radical (unpaired) electrons. The number of hydrogen-bond donors (Lipinski definition) is 2. The van der Waals surface area contributed by atoms with Gasteiger partial charge in [0.25, 0.3) is 0 Å². The second-order valence-electron chi connectivity index (χ2n) is 4.17. The van der Waals surface area contributed by atoms with Crippen LogP contribution in [0.15, 0.2) is 24.5 Å². The second kappa shape index (κ2) is 7.65. The van der Waals surface area contributed by atoms with Crippen LogP contribution in [0, 0.1) is 0 Å². The van der Waals surface area contributed by atoms with Gasteiger partial charge in [0.2, 0.25) is 0 Å². The molecule has 0 bridgehead atoms. The Balaban J connectivity index is 2.10. The van der Waals surface area contributed by atoms with Gasteiger partial charge in [-0.3, -0.25) is 4.98 Å². The average molecular weight is 235 g/mol. The van der Waals surface area contributed by atoms with Crippen LogP contribution in [0.25, 0.3) is 0 Å². The topological polar surface area (TPSA) is 54.0 Å². The van der Waals surface area contributed by atoms with Crippen LogP contribution in [0.2, 0.25) is 0 Å². The minimum absolute atomic E-state index is 0.0782. The van der Waals surface area contributed by atoms with Gasteiger partial charge < -0.3 is 10.6 Å². The van der Waals surface area contributed by atoms with Crippen molar-refractivity contribution >= 4 is 6.03 Å². The lowest BCUT2D eigenvalue weighted by Crippen LogP contribution is -2.40. The van der Waals surface area contributed by atoms with E-state index in [1.54, 1.807) is 6.20 Å². The zero-order valence-corrected chi connectivity index (χ0v) is 10.6. The summed E-state index contributed by atoms with van der Waals surface area (Å²) < 4.78 is 0. The number of hydrogen-bond acceptors (Lipinski definition) is 2. The van der Waals surface area contributed by atoms with E-state index in [0.717, 1.165) is 19.3 Å². The van der Waals surface area contributed by atoms with Gasteiger partial charge >= 0.3 is 6.03 Å². The molecule has 1 unspecified atom stereocenters. The number of carbonyl (C=O) groups is 1. The standard InChI is InChI=1S/C13H21N3O/c1-3-11(2)16-13(17)15-9-5-7-12-6-4-8-14-10-12/h4,6,8,10-11H,3,5,7,9H2,1-2H3,(H2,15,16,17). The predicted octanol–water partition coefficient (Wildman–Crippen LogP) is 2.11. The first-order valence-corrected chi connectivity index (χ1v) is 6.15. The quantitative estimate of drug-likeness (QED) is 0.742. The van der Waals surface area contributed by atoms with E-state index in [1.807, 2.05) is 32.2 Å². The molecule has 1 rings (SSSR count). The SMILES string of the molecule is CCC(C)NC(=O)NCCCc1cccnc1. The van der Waals surface area contributed by atoms with Crippen molar-refractivity contribution in [3.63, 3.8) is 0 Å². The van der Waals surface area contributed by atoms with E-state index in [2.05, 4.69) is 15.6 Å². The molecule has 1 aromatic rings. The Morgan fingerprint density at radius 1 is 1.53 bits per heavy atom. The maximum Gasteiger partial charge on any atom is 0.314 e. The summed E-state index contributed by atoms with van der Waals surface area (Å²) in [6.45, 7) is 4.74. The number of nitrogens with zero attached hydrogens (tertiary/aromatic N) is 1. The van der Waals surface area contributed by atoms with Gasteiger partial charge in [-0.1, -0.05) is 13.0 Å². The molecule has 0 saturated carbocycles. The van der Waals surface area contributed by atoms with Crippen molar-refractivity contribution in [3.8, 4) is 0 Å². The number of amides is 2. The zero-order chi connectivity index (χ0) is 12.5. The fourth-order valence-electron chi connectivity index (χ4n) is 1.42. The van der Waals surface area contributed by atoms with Crippen LogP contribution in [0.4, 0.5) is 4.79 Å². The van der Waals surface area contributed by atoms with Crippen LogP contribution in [0.1, 0.15) is 32.3 Å². The van der Waals surface area contributed by atoms with E-state index >= 15 is 0 Å². The van der Waals surface area contributed by atoms with Crippen LogP contribution in [-0.4, -0.2) is 23.6 Å². The van der Waals surface area contributed by atoms with Crippen molar-refractivity contribution in [1.82, 2.24) is 15.6 Å². The Hall–Kier alpha value is -1.58. The van der Waals surface area contributed by atoms with E-state index < -0.39 is 0 Å². The summed E-state index contributed by atoms with van der Waals surface area (Å²) in [6, 6.07) is 4.13. The normalized spacial score (nSPS) is 11.9. The first-order chi connectivity index (χ1) is 8.22. The summed E-state index contributed by atoms with van der Waals surface area (Å²) in [5.74, 6) is 0. The lowest BCUT2D eigenvalue weighted by Gasteiger charge is -2.12. The molecule has 2 amide bonds. The van der Waals surface area contributed by atoms with Crippen LogP contribution in [0.5, 0.6) is 0 Å². The monoisotopic (exact) mass is 235 g/mol. The summed E-state index contributed by atoms with van der Waals surface area (Å²) in [6.07, 6.45) is 6.45. The Bertz CT molecular complexity index is 327. The van der Waals surface area contributed by atoms with Crippen molar-refractivity contribution in [2.75, 3.05) is 6.54 Å².